The summed E-state index contributed by atoms with van der Waals surface area (Å²) >= 11 is 2.66. The summed E-state index contributed by atoms with van der Waals surface area (Å²) in [5.41, 5.74) is 0.0577. The number of carbonyl (C=O) groups is 1. The Bertz CT molecular complexity index is 1110. The normalized spacial score (nSPS) is 11.1. The highest BCUT2D eigenvalue weighted by Gasteiger charge is 2.22. The van der Waals surface area contributed by atoms with E-state index >= 15 is 0 Å². The Morgan fingerprint density at radius 1 is 1.14 bits per heavy atom. The van der Waals surface area contributed by atoms with Crippen molar-refractivity contribution in [3.63, 3.8) is 0 Å². The van der Waals surface area contributed by atoms with Gasteiger partial charge in [0.1, 0.15) is 17.1 Å². The molecule has 0 unspecified atom stereocenters. The van der Waals surface area contributed by atoms with Gasteiger partial charge in [0.2, 0.25) is 5.91 Å². The monoisotopic (exact) mass is 430 g/mol. The minimum Gasteiger partial charge on any atom is -0.467 e. The number of carbonyl (C=O) groups excluding carboxylic acids is 1. The van der Waals surface area contributed by atoms with Crippen molar-refractivity contribution in [3.05, 3.63) is 78.3 Å². The minimum atomic E-state index is -0.743. The van der Waals surface area contributed by atoms with E-state index in [4.69, 9.17) is 4.42 Å². The van der Waals surface area contributed by atoms with Crippen molar-refractivity contribution < 1.29 is 18.0 Å². The van der Waals surface area contributed by atoms with Crippen LogP contribution in [-0.2, 0) is 11.3 Å². The molecule has 2 heterocycles. The van der Waals surface area contributed by atoms with Crippen LogP contribution in [-0.4, -0.2) is 16.6 Å². The van der Waals surface area contributed by atoms with Crippen LogP contribution >= 0.6 is 23.1 Å². The number of rotatable bonds is 7. The molecule has 0 aliphatic rings. The smallest absolute Gasteiger partial charge is 0.230 e. The lowest BCUT2D eigenvalue weighted by Crippen LogP contribution is -2.30. The van der Waals surface area contributed by atoms with Crippen LogP contribution in [0, 0.1) is 11.6 Å². The molecular formula is C21H16F2N2O2S2. The maximum atomic E-state index is 14.1. The fraction of sp³-hybridized carbons (Fsp3) is 0.143. The molecule has 148 valence electrons. The standard InChI is InChI=1S/C21H16F2N2O2S2/c22-14-11-17(23)20-18(12-14)29-21(24-20)25(13-15-5-4-9-27-15)19(26)8-10-28-16-6-2-1-3-7-16/h1-7,9,11-12H,8,10,13H2. The number of hydrogen-bond acceptors (Lipinski definition) is 5. The molecule has 29 heavy (non-hydrogen) atoms. The van der Waals surface area contributed by atoms with Gasteiger partial charge in [-0.3, -0.25) is 9.69 Å². The molecule has 0 N–H and O–H groups in total. The van der Waals surface area contributed by atoms with Gasteiger partial charge in [-0.25, -0.2) is 13.8 Å². The van der Waals surface area contributed by atoms with Crippen LogP contribution in [0.4, 0.5) is 13.9 Å². The van der Waals surface area contributed by atoms with Gasteiger partial charge in [0.05, 0.1) is 17.5 Å². The van der Waals surface area contributed by atoms with E-state index in [2.05, 4.69) is 4.98 Å². The van der Waals surface area contributed by atoms with Gasteiger partial charge < -0.3 is 4.42 Å². The summed E-state index contributed by atoms with van der Waals surface area (Å²) in [5.74, 6) is -0.406. The van der Waals surface area contributed by atoms with Crippen LogP contribution in [0.25, 0.3) is 10.2 Å². The number of thioether (sulfide) groups is 1. The first-order valence-corrected chi connectivity index (χ1v) is 10.7. The fourth-order valence-electron chi connectivity index (χ4n) is 2.79. The van der Waals surface area contributed by atoms with E-state index in [0.717, 1.165) is 22.3 Å². The Balaban J connectivity index is 1.56. The lowest BCUT2D eigenvalue weighted by molar-refractivity contribution is -0.118. The number of hydrogen-bond donors (Lipinski definition) is 0. The molecule has 0 bridgehead atoms. The Morgan fingerprint density at radius 2 is 1.97 bits per heavy atom. The average Bonchev–Trinajstić information content (AvgIpc) is 3.36. The Hall–Kier alpha value is -2.71. The van der Waals surface area contributed by atoms with Crippen LogP contribution in [0.5, 0.6) is 0 Å². The second-order valence-corrected chi connectivity index (χ2v) is 8.38. The summed E-state index contributed by atoms with van der Waals surface area (Å²) in [6.07, 6.45) is 1.80. The zero-order valence-electron chi connectivity index (χ0n) is 15.2. The molecule has 2 aromatic heterocycles. The number of furan rings is 1. The number of halogens is 2. The van der Waals surface area contributed by atoms with Crippen LogP contribution in [0.1, 0.15) is 12.2 Å². The highest BCUT2D eigenvalue weighted by Crippen LogP contribution is 2.32. The summed E-state index contributed by atoms with van der Waals surface area (Å²) in [4.78, 5) is 19.8. The molecule has 4 aromatic rings. The molecule has 0 spiro atoms. The number of benzene rings is 2. The van der Waals surface area contributed by atoms with Gasteiger partial charge in [-0.15, -0.1) is 11.8 Å². The zero-order chi connectivity index (χ0) is 20.2. The number of fused-ring (bicyclic) bond motifs is 1. The van der Waals surface area contributed by atoms with Crippen molar-refractivity contribution >= 4 is 44.4 Å². The highest BCUT2D eigenvalue weighted by molar-refractivity contribution is 7.99. The number of nitrogens with zero attached hydrogens (tertiary/aromatic N) is 2. The third-order valence-corrected chi connectivity index (χ3v) is 6.19. The van der Waals surface area contributed by atoms with E-state index in [1.807, 2.05) is 30.3 Å². The van der Waals surface area contributed by atoms with Crippen molar-refractivity contribution in [3.8, 4) is 0 Å². The van der Waals surface area contributed by atoms with Crippen molar-refractivity contribution in [2.45, 2.75) is 17.9 Å². The van der Waals surface area contributed by atoms with Crippen molar-refractivity contribution in [2.24, 2.45) is 0 Å². The molecule has 0 aliphatic carbocycles. The third kappa shape index (κ3) is 4.65. The molecule has 4 nitrogen and oxygen atoms in total. The lowest BCUT2D eigenvalue weighted by atomic mass is 10.3. The summed E-state index contributed by atoms with van der Waals surface area (Å²) in [6, 6.07) is 15.3. The van der Waals surface area contributed by atoms with E-state index < -0.39 is 11.6 Å². The second kappa shape index (κ2) is 8.75. The topological polar surface area (TPSA) is 46.3 Å². The number of thiazole rings is 1. The first kappa shape index (κ1) is 19.6. The van der Waals surface area contributed by atoms with Crippen LogP contribution < -0.4 is 4.90 Å². The summed E-state index contributed by atoms with van der Waals surface area (Å²) in [6.45, 7) is 0.172. The number of aromatic nitrogens is 1. The fourth-order valence-corrected chi connectivity index (χ4v) is 4.67. The highest BCUT2D eigenvalue weighted by atomic mass is 32.2. The molecule has 1 amide bonds. The molecule has 0 radical (unpaired) electrons. The quantitative estimate of drug-likeness (QED) is 0.343. The summed E-state index contributed by atoms with van der Waals surface area (Å²) in [5, 5.41) is 0.315. The molecule has 0 fully saturated rings. The number of anilines is 1. The molecule has 0 aliphatic heterocycles. The van der Waals surface area contributed by atoms with E-state index in [1.165, 1.54) is 17.2 Å². The van der Waals surface area contributed by atoms with Crippen molar-refractivity contribution in [1.29, 1.82) is 0 Å². The van der Waals surface area contributed by atoms with Crippen molar-refractivity contribution in [1.82, 2.24) is 4.98 Å². The van der Waals surface area contributed by atoms with Gasteiger partial charge in [-0.2, -0.15) is 0 Å². The predicted molar refractivity (Wildman–Crippen MR) is 111 cm³/mol. The Labute approximate surface area is 174 Å². The summed E-state index contributed by atoms with van der Waals surface area (Å²) < 4.78 is 33.3. The van der Waals surface area contributed by atoms with Gasteiger partial charge in [-0.1, -0.05) is 29.5 Å². The largest absolute Gasteiger partial charge is 0.467 e. The Kier molecular flexibility index (Phi) is 5.92. The number of amides is 1. The van der Waals surface area contributed by atoms with Gasteiger partial charge in [-0.05, 0) is 30.3 Å². The van der Waals surface area contributed by atoms with Gasteiger partial charge in [0.25, 0.3) is 0 Å². The SMILES string of the molecule is O=C(CCSc1ccccc1)N(Cc1ccco1)c1nc2c(F)cc(F)cc2s1. The first-order valence-electron chi connectivity index (χ1n) is 8.86. The average molecular weight is 431 g/mol. The van der Waals surface area contributed by atoms with Gasteiger partial charge in [0, 0.05) is 23.1 Å². The maximum Gasteiger partial charge on any atom is 0.230 e. The van der Waals surface area contributed by atoms with Crippen LogP contribution in [0.15, 0.2) is 70.2 Å². The van der Waals surface area contributed by atoms with Crippen molar-refractivity contribution in [2.75, 3.05) is 10.7 Å². The predicted octanol–water partition coefficient (Wildman–Crippen LogP) is 5.88. The van der Waals surface area contributed by atoms with E-state index in [1.54, 1.807) is 23.9 Å². The van der Waals surface area contributed by atoms with Gasteiger partial charge in [0.15, 0.2) is 10.9 Å². The van der Waals surface area contributed by atoms with Crippen LogP contribution in [0.3, 0.4) is 0 Å². The lowest BCUT2D eigenvalue weighted by Gasteiger charge is -2.18. The van der Waals surface area contributed by atoms with Gasteiger partial charge >= 0.3 is 0 Å². The second-order valence-electron chi connectivity index (χ2n) is 6.20. The minimum absolute atomic E-state index is 0.0577. The molecule has 4 rings (SSSR count). The zero-order valence-corrected chi connectivity index (χ0v) is 16.8. The molecule has 0 atom stereocenters. The van der Waals surface area contributed by atoms with Crippen LogP contribution in [0.2, 0.25) is 0 Å². The van der Waals surface area contributed by atoms with E-state index in [9.17, 15) is 13.6 Å². The summed E-state index contributed by atoms with van der Waals surface area (Å²) in [7, 11) is 0. The third-order valence-electron chi connectivity index (χ3n) is 4.16. The maximum absolute atomic E-state index is 14.1. The molecule has 8 heteroatoms. The Morgan fingerprint density at radius 3 is 2.72 bits per heavy atom. The first-order chi connectivity index (χ1) is 14.1. The van der Waals surface area contributed by atoms with E-state index in [-0.39, 0.29) is 24.4 Å². The molecule has 0 saturated heterocycles. The molecule has 0 saturated carbocycles. The van der Waals surface area contributed by atoms with E-state index in [0.29, 0.717) is 21.3 Å². The molecule has 2 aromatic carbocycles. The molecular weight excluding hydrogens is 414 g/mol.